The first-order valence-corrected chi connectivity index (χ1v) is 6.14. The molecule has 0 fully saturated rings. The molecule has 2 aromatic rings. The maximum atomic E-state index is 11.9. The Bertz CT molecular complexity index is 606. The van der Waals surface area contributed by atoms with Crippen LogP contribution in [0, 0.1) is 6.92 Å². The van der Waals surface area contributed by atoms with Crippen LogP contribution in [0.1, 0.15) is 5.56 Å². The number of benzene rings is 1. The molecule has 0 aliphatic carbocycles. The first-order chi connectivity index (χ1) is 7.02. The minimum Gasteiger partial charge on any atom is -0.359 e. The van der Waals surface area contributed by atoms with E-state index in [4.69, 9.17) is 11.6 Å². The van der Waals surface area contributed by atoms with Gasteiger partial charge in [0, 0.05) is 10.7 Å². The molecule has 15 heavy (non-hydrogen) atoms. The lowest BCUT2D eigenvalue weighted by Gasteiger charge is -2.06. The van der Waals surface area contributed by atoms with Crippen LogP contribution >= 0.6 is 43.5 Å². The van der Waals surface area contributed by atoms with Gasteiger partial charge in [-0.3, -0.25) is 4.79 Å². The van der Waals surface area contributed by atoms with E-state index >= 15 is 0 Å². The van der Waals surface area contributed by atoms with Gasteiger partial charge in [0.1, 0.15) is 0 Å². The number of H-pyrrole nitrogens is 1. The number of hydrogen-bond donors (Lipinski definition) is 1. The van der Waals surface area contributed by atoms with E-state index in [0.717, 1.165) is 15.6 Å². The summed E-state index contributed by atoms with van der Waals surface area (Å²) < 4.78 is 1.32. The summed E-state index contributed by atoms with van der Waals surface area (Å²) in [6, 6.07) is 1.88. The molecule has 1 aromatic carbocycles. The molecule has 0 bridgehead atoms. The summed E-state index contributed by atoms with van der Waals surface area (Å²) in [6.07, 6.45) is 1.61. The van der Waals surface area contributed by atoms with Gasteiger partial charge >= 0.3 is 0 Å². The van der Waals surface area contributed by atoms with Gasteiger partial charge in [-0.25, -0.2) is 0 Å². The summed E-state index contributed by atoms with van der Waals surface area (Å²) in [5.74, 6) is 0. The number of rotatable bonds is 0. The highest BCUT2D eigenvalue weighted by atomic mass is 79.9. The number of fused-ring (bicyclic) bond motifs is 1. The molecule has 2 rings (SSSR count). The smallest absolute Gasteiger partial charge is 0.205 e. The van der Waals surface area contributed by atoms with Crippen LogP contribution in [0.4, 0.5) is 0 Å². The molecule has 0 saturated heterocycles. The van der Waals surface area contributed by atoms with Gasteiger partial charge in [0.15, 0.2) is 0 Å². The molecule has 0 amide bonds. The van der Waals surface area contributed by atoms with Crippen LogP contribution in [-0.4, -0.2) is 4.98 Å². The molecule has 5 heteroatoms. The Morgan fingerprint density at radius 1 is 1.33 bits per heavy atom. The first-order valence-electron chi connectivity index (χ1n) is 4.18. The van der Waals surface area contributed by atoms with Crippen LogP contribution in [-0.2, 0) is 0 Å². The molecule has 0 unspecified atom stereocenters. The van der Waals surface area contributed by atoms with E-state index in [9.17, 15) is 4.79 Å². The highest BCUT2D eigenvalue weighted by Crippen LogP contribution is 2.30. The fourth-order valence-electron chi connectivity index (χ4n) is 1.43. The van der Waals surface area contributed by atoms with Crippen LogP contribution in [0.2, 0.25) is 5.02 Å². The Kier molecular flexibility index (Phi) is 2.92. The molecular weight excluding hydrogens is 345 g/mol. The second-order valence-electron chi connectivity index (χ2n) is 3.21. The zero-order valence-corrected chi connectivity index (χ0v) is 11.6. The summed E-state index contributed by atoms with van der Waals surface area (Å²) in [7, 11) is 0. The molecule has 0 saturated carbocycles. The van der Waals surface area contributed by atoms with Crippen molar-refractivity contribution in [1.82, 2.24) is 4.98 Å². The minimum absolute atomic E-state index is 0.0989. The molecular formula is C10H6Br2ClNO. The maximum absolute atomic E-state index is 11.9. The largest absolute Gasteiger partial charge is 0.359 e. The van der Waals surface area contributed by atoms with E-state index in [1.165, 1.54) is 0 Å². The molecule has 0 atom stereocenters. The van der Waals surface area contributed by atoms with Gasteiger partial charge in [-0.1, -0.05) is 11.6 Å². The van der Waals surface area contributed by atoms with Gasteiger partial charge in [-0.15, -0.1) is 0 Å². The average molecular weight is 351 g/mol. The zero-order chi connectivity index (χ0) is 11.2. The van der Waals surface area contributed by atoms with Crippen molar-refractivity contribution in [3.05, 3.63) is 42.0 Å². The lowest BCUT2D eigenvalue weighted by molar-refractivity contribution is 1.34. The molecule has 78 valence electrons. The number of aryl methyl sites for hydroxylation is 1. The van der Waals surface area contributed by atoms with E-state index < -0.39 is 0 Å². The number of pyridine rings is 1. The van der Waals surface area contributed by atoms with Crippen LogP contribution in [0.3, 0.4) is 0 Å². The average Bonchev–Trinajstić information content (AvgIpc) is 2.19. The molecule has 1 heterocycles. The monoisotopic (exact) mass is 349 g/mol. The summed E-state index contributed by atoms with van der Waals surface area (Å²) in [6.45, 7) is 1.87. The molecule has 2 nitrogen and oxygen atoms in total. The highest BCUT2D eigenvalue weighted by Gasteiger charge is 2.11. The zero-order valence-electron chi connectivity index (χ0n) is 7.70. The van der Waals surface area contributed by atoms with Crippen molar-refractivity contribution in [2.75, 3.05) is 0 Å². The molecule has 1 aromatic heterocycles. The van der Waals surface area contributed by atoms with Crippen molar-refractivity contribution >= 4 is 54.4 Å². The number of hydrogen-bond acceptors (Lipinski definition) is 1. The first kappa shape index (κ1) is 11.2. The van der Waals surface area contributed by atoms with Gasteiger partial charge in [0.25, 0.3) is 0 Å². The quantitative estimate of drug-likeness (QED) is 0.764. The Hall–Kier alpha value is -0.320. The van der Waals surface area contributed by atoms with Crippen molar-refractivity contribution in [1.29, 1.82) is 0 Å². The molecule has 0 radical (unpaired) electrons. The van der Waals surface area contributed by atoms with Gasteiger partial charge in [0.2, 0.25) is 5.43 Å². The SMILES string of the molecule is Cc1cc(Br)c2[nH]cc(Br)c(=O)c2c1Cl. The summed E-state index contributed by atoms with van der Waals surface area (Å²) in [4.78, 5) is 14.9. The van der Waals surface area contributed by atoms with Crippen LogP contribution in [0.15, 0.2) is 26.0 Å². The highest BCUT2D eigenvalue weighted by molar-refractivity contribution is 9.11. The van der Waals surface area contributed by atoms with Gasteiger partial charge in [-0.05, 0) is 50.4 Å². The second kappa shape index (κ2) is 3.92. The third kappa shape index (κ3) is 1.75. The standard InChI is InChI=1S/C10H6Br2ClNO/c1-4-2-5(11)9-7(8(4)13)10(15)6(12)3-14-9/h2-3H,1H3,(H,14,15). The molecule has 1 N–H and O–H groups in total. The third-order valence-electron chi connectivity index (χ3n) is 2.18. The lowest BCUT2D eigenvalue weighted by Crippen LogP contribution is -2.05. The van der Waals surface area contributed by atoms with Crippen LogP contribution in [0.5, 0.6) is 0 Å². The summed E-state index contributed by atoms with van der Waals surface area (Å²) in [5, 5.41) is 1.01. The van der Waals surface area contributed by atoms with Crippen LogP contribution in [0.25, 0.3) is 10.9 Å². The Morgan fingerprint density at radius 3 is 2.67 bits per heavy atom. The van der Waals surface area contributed by atoms with E-state index in [2.05, 4.69) is 36.8 Å². The van der Waals surface area contributed by atoms with Crippen molar-refractivity contribution < 1.29 is 0 Å². The molecule has 0 aliphatic rings. The van der Waals surface area contributed by atoms with Gasteiger partial charge < -0.3 is 4.98 Å². The Labute approximate surface area is 108 Å². The number of aromatic amines is 1. The van der Waals surface area contributed by atoms with Gasteiger partial charge in [-0.2, -0.15) is 0 Å². The topological polar surface area (TPSA) is 32.9 Å². The van der Waals surface area contributed by atoms with E-state index in [1.54, 1.807) is 6.20 Å². The summed E-state index contributed by atoms with van der Waals surface area (Å²) >= 11 is 12.7. The molecule has 0 aliphatic heterocycles. The minimum atomic E-state index is -0.0989. The summed E-state index contributed by atoms with van der Waals surface area (Å²) in [5.41, 5.74) is 1.50. The number of nitrogens with one attached hydrogen (secondary N) is 1. The van der Waals surface area contributed by atoms with Crippen molar-refractivity contribution in [3.63, 3.8) is 0 Å². The predicted octanol–water partition coefficient (Wildman–Crippen LogP) is 4.01. The van der Waals surface area contributed by atoms with Gasteiger partial charge in [0.05, 0.1) is 20.4 Å². The third-order valence-corrected chi connectivity index (χ3v) is 3.89. The van der Waals surface area contributed by atoms with Crippen LogP contribution < -0.4 is 5.43 Å². The second-order valence-corrected chi connectivity index (χ2v) is 5.29. The lowest BCUT2D eigenvalue weighted by atomic mass is 10.1. The van der Waals surface area contributed by atoms with Crippen molar-refractivity contribution in [2.24, 2.45) is 0 Å². The Balaban J connectivity index is 3.12. The van der Waals surface area contributed by atoms with E-state index in [0.29, 0.717) is 14.9 Å². The van der Waals surface area contributed by atoms with Crippen molar-refractivity contribution in [3.8, 4) is 0 Å². The normalized spacial score (nSPS) is 10.9. The predicted molar refractivity (Wildman–Crippen MR) is 69.7 cm³/mol. The van der Waals surface area contributed by atoms with E-state index in [-0.39, 0.29) is 5.43 Å². The fourth-order valence-corrected chi connectivity index (χ4v) is 2.63. The number of halogens is 3. The number of aromatic nitrogens is 1. The van der Waals surface area contributed by atoms with Crippen molar-refractivity contribution in [2.45, 2.75) is 6.92 Å². The van der Waals surface area contributed by atoms with E-state index in [1.807, 2.05) is 13.0 Å². The fraction of sp³-hybridized carbons (Fsp3) is 0.100. The molecule has 0 spiro atoms. The Morgan fingerprint density at radius 2 is 2.00 bits per heavy atom. The maximum Gasteiger partial charge on any atom is 0.205 e.